The standard InChI is InChI=1S/C16H23N3O2/c1-11-4-3-5-14(12(11)2)16(21)18-13-6-8-19(9-7-13)10-15(17)20/h3-5,13H,6-10H2,1-2H3,(H2,17,20)(H,18,21). The third-order valence-electron chi connectivity index (χ3n) is 4.15. The van der Waals surface area contributed by atoms with Crippen molar-refractivity contribution in [3.8, 4) is 0 Å². The van der Waals surface area contributed by atoms with E-state index in [-0.39, 0.29) is 17.9 Å². The van der Waals surface area contributed by atoms with Crippen LogP contribution in [-0.4, -0.2) is 42.4 Å². The second-order valence-corrected chi connectivity index (χ2v) is 5.74. The summed E-state index contributed by atoms with van der Waals surface area (Å²) in [4.78, 5) is 25.3. The lowest BCUT2D eigenvalue weighted by Gasteiger charge is -2.31. The number of rotatable bonds is 4. The first-order valence-corrected chi connectivity index (χ1v) is 7.35. The van der Waals surface area contributed by atoms with Gasteiger partial charge in [0.05, 0.1) is 6.54 Å². The maximum absolute atomic E-state index is 12.3. The van der Waals surface area contributed by atoms with Gasteiger partial charge in [-0.05, 0) is 43.9 Å². The van der Waals surface area contributed by atoms with E-state index in [0.717, 1.165) is 42.6 Å². The highest BCUT2D eigenvalue weighted by atomic mass is 16.2. The summed E-state index contributed by atoms with van der Waals surface area (Å²) in [6, 6.07) is 5.95. The Labute approximate surface area is 125 Å². The van der Waals surface area contributed by atoms with Crippen LogP contribution in [-0.2, 0) is 4.79 Å². The van der Waals surface area contributed by atoms with Crippen LogP contribution in [0.25, 0.3) is 0 Å². The van der Waals surface area contributed by atoms with Crippen LogP contribution in [0, 0.1) is 13.8 Å². The Balaban J connectivity index is 1.90. The number of aryl methyl sites for hydroxylation is 1. The molecule has 1 aliphatic rings. The number of primary amides is 1. The van der Waals surface area contributed by atoms with Gasteiger partial charge in [0.1, 0.15) is 0 Å². The fourth-order valence-corrected chi connectivity index (χ4v) is 2.72. The average molecular weight is 289 g/mol. The van der Waals surface area contributed by atoms with E-state index in [1.165, 1.54) is 0 Å². The first-order chi connectivity index (χ1) is 9.97. The van der Waals surface area contributed by atoms with Crippen molar-refractivity contribution in [2.24, 2.45) is 5.73 Å². The largest absolute Gasteiger partial charge is 0.369 e. The predicted molar refractivity (Wildman–Crippen MR) is 82.0 cm³/mol. The fraction of sp³-hybridized carbons (Fsp3) is 0.500. The molecule has 1 heterocycles. The highest BCUT2D eigenvalue weighted by Crippen LogP contribution is 2.15. The number of nitrogens with two attached hydrogens (primary N) is 1. The Bertz CT molecular complexity index is 534. The van der Waals surface area contributed by atoms with E-state index in [4.69, 9.17) is 5.73 Å². The molecule has 0 atom stereocenters. The van der Waals surface area contributed by atoms with Crippen LogP contribution in [0.5, 0.6) is 0 Å². The molecule has 5 heteroatoms. The molecule has 1 fully saturated rings. The average Bonchev–Trinajstić information content (AvgIpc) is 2.43. The number of carbonyl (C=O) groups excluding carboxylic acids is 2. The van der Waals surface area contributed by atoms with Gasteiger partial charge < -0.3 is 11.1 Å². The molecule has 3 N–H and O–H groups in total. The fourth-order valence-electron chi connectivity index (χ4n) is 2.72. The zero-order chi connectivity index (χ0) is 15.4. The number of carbonyl (C=O) groups is 2. The van der Waals surface area contributed by atoms with E-state index in [1.807, 2.05) is 36.9 Å². The minimum Gasteiger partial charge on any atom is -0.369 e. The Morgan fingerprint density at radius 3 is 2.57 bits per heavy atom. The van der Waals surface area contributed by atoms with Crippen LogP contribution in [0.15, 0.2) is 18.2 Å². The molecule has 1 aliphatic heterocycles. The lowest BCUT2D eigenvalue weighted by atomic mass is 10.0. The summed E-state index contributed by atoms with van der Waals surface area (Å²) in [5, 5.41) is 3.10. The van der Waals surface area contributed by atoms with Crippen molar-refractivity contribution in [2.75, 3.05) is 19.6 Å². The summed E-state index contributed by atoms with van der Waals surface area (Å²) in [5.74, 6) is -0.308. The van der Waals surface area contributed by atoms with Crippen LogP contribution < -0.4 is 11.1 Å². The maximum atomic E-state index is 12.3. The molecule has 1 saturated heterocycles. The summed E-state index contributed by atoms with van der Waals surface area (Å²) in [6.45, 7) is 5.87. The third kappa shape index (κ3) is 4.04. The topological polar surface area (TPSA) is 75.4 Å². The van der Waals surface area contributed by atoms with Gasteiger partial charge in [-0.15, -0.1) is 0 Å². The Morgan fingerprint density at radius 2 is 1.95 bits per heavy atom. The van der Waals surface area contributed by atoms with Gasteiger partial charge >= 0.3 is 0 Å². The lowest BCUT2D eigenvalue weighted by molar-refractivity contribution is -0.119. The zero-order valence-corrected chi connectivity index (χ0v) is 12.7. The van der Waals surface area contributed by atoms with Crippen LogP contribution in [0.2, 0.25) is 0 Å². The van der Waals surface area contributed by atoms with Gasteiger partial charge in [-0.25, -0.2) is 0 Å². The van der Waals surface area contributed by atoms with E-state index in [2.05, 4.69) is 5.32 Å². The van der Waals surface area contributed by atoms with Gasteiger partial charge in [0.25, 0.3) is 5.91 Å². The number of hydrogen-bond donors (Lipinski definition) is 2. The summed E-state index contributed by atoms with van der Waals surface area (Å²) in [5.41, 5.74) is 8.09. The van der Waals surface area contributed by atoms with Crippen molar-refractivity contribution >= 4 is 11.8 Å². The SMILES string of the molecule is Cc1cccc(C(=O)NC2CCN(CC(N)=O)CC2)c1C. The molecule has 0 bridgehead atoms. The number of benzene rings is 1. The second kappa shape index (κ2) is 6.72. The van der Waals surface area contributed by atoms with Crippen LogP contribution in [0.4, 0.5) is 0 Å². The molecule has 0 aromatic heterocycles. The van der Waals surface area contributed by atoms with Gasteiger partial charge in [-0.1, -0.05) is 12.1 Å². The maximum Gasteiger partial charge on any atom is 0.251 e. The molecule has 5 nitrogen and oxygen atoms in total. The molecule has 0 saturated carbocycles. The highest BCUT2D eigenvalue weighted by molar-refractivity contribution is 5.96. The van der Waals surface area contributed by atoms with Crippen molar-refractivity contribution in [1.82, 2.24) is 10.2 Å². The van der Waals surface area contributed by atoms with E-state index in [9.17, 15) is 9.59 Å². The lowest BCUT2D eigenvalue weighted by Crippen LogP contribution is -2.46. The van der Waals surface area contributed by atoms with Crippen LogP contribution >= 0.6 is 0 Å². The molecular formula is C16H23N3O2. The Hall–Kier alpha value is -1.88. The monoisotopic (exact) mass is 289 g/mol. The highest BCUT2D eigenvalue weighted by Gasteiger charge is 2.22. The van der Waals surface area contributed by atoms with E-state index >= 15 is 0 Å². The van der Waals surface area contributed by atoms with E-state index < -0.39 is 0 Å². The van der Waals surface area contributed by atoms with Gasteiger partial charge in [0.2, 0.25) is 5.91 Å². The molecular weight excluding hydrogens is 266 g/mol. The molecule has 2 rings (SSSR count). The van der Waals surface area contributed by atoms with Gasteiger partial charge in [0.15, 0.2) is 0 Å². The Kier molecular flexibility index (Phi) is 4.96. The second-order valence-electron chi connectivity index (χ2n) is 5.74. The number of nitrogens with zero attached hydrogens (tertiary/aromatic N) is 1. The number of likely N-dealkylation sites (tertiary alicyclic amines) is 1. The summed E-state index contributed by atoms with van der Waals surface area (Å²) < 4.78 is 0. The van der Waals surface area contributed by atoms with E-state index in [0.29, 0.717) is 6.54 Å². The molecule has 21 heavy (non-hydrogen) atoms. The van der Waals surface area contributed by atoms with Gasteiger partial charge in [-0.3, -0.25) is 14.5 Å². The van der Waals surface area contributed by atoms with Gasteiger partial charge in [0, 0.05) is 24.7 Å². The molecule has 0 unspecified atom stereocenters. The van der Waals surface area contributed by atoms with E-state index in [1.54, 1.807) is 0 Å². The molecule has 0 spiro atoms. The van der Waals surface area contributed by atoms with Crippen LogP contribution in [0.3, 0.4) is 0 Å². The smallest absolute Gasteiger partial charge is 0.251 e. The van der Waals surface area contributed by atoms with Crippen molar-refractivity contribution in [3.05, 3.63) is 34.9 Å². The molecule has 1 aromatic carbocycles. The predicted octanol–water partition coefficient (Wildman–Crippen LogP) is 0.983. The molecule has 2 amide bonds. The quantitative estimate of drug-likeness (QED) is 0.867. The van der Waals surface area contributed by atoms with Crippen molar-refractivity contribution < 1.29 is 9.59 Å². The van der Waals surface area contributed by atoms with Crippen molar-refractivity contribution in [2.45, 2.75) is 32.7 Å². The third-order valence-corrected chi connectivity index (χ3v) is 4.15. The van der Waals surface area contributed by atoms with Crippen LogP contribution in [0.1, 0.15) is 34.3 Å². The minimum atomic E-state index is -0.298. The normalized spacial score (nSPS) is 16.7. The molecule has 114 valence electrons. The molecule has 0 aliphatic carbocycles. The number of nitrogens with one attached hydrogen (secondary N) is 1. The molecule has 1 aromatic rings. The molecule has 0 radical (unpaired) electrons. The first kappa shape index (κ1) is 15.5. The number of hydrogen-bond acceptors (Lipinski definition) is 3. The number of piperidine rings is 1. The summed E-state index contributed by atoms with van der Waals surface area (Å²) in [6.07, 6.45) is 1.70. The zero-order valence-electron chi connectivity index (χ0n) is 12.7. The van der Waals surface area contributed by atoms with Crippen molar-refractivity contribution in [1.29, 1.82) is 0 Å². The number of amides is 2. The Morgan fingerprint density at radius 1 is 1.29 bits per heavy atom. The summed E-state index contributed by atoms with van der Waals surface area (Å²) >= 11 is 0. The van der Waals surface area contributed by atoms with Crippen molar-refractivity contribution in [3.63, 3.8) is 0 Å². The summed E-state index contributed by atoms with van der Waals surface area (Å²) in [7, 11) is 0. The van der Waals surface area contributed by atoms with Gasteiger partial charge in [-0.2, -0.15) is 0 Å². The minimum absolute atomic E-state index is 0.00967. The first-order valence-electron chi connectivity index (χ1n) is 7.35.